The second-order valence-corrected chi connectivity index (χ2v) is 13.2. The standard InChI is InChI=1S/C35H40O.C4H10/c1-24-8-13-32(20-25(24)2)27(4)33-18-19-34(26(3)21-33)36-23-29-11-16-31(17-12-29)30-14-9-28(10-15-30)22-35(5,6)7;1-4(2)3/h8-21,27H,22-23H2,1-7H3;4H,1-3H3. The van der Waals surface area contributed by atoms with Gasteiger partial charge in [-0.25, -0.2) is 0 Å². The van der Waals surface area contributed by atoms with Crippen molar-refractivity contribution >= 4 is 0 Å². The third kappa shape index (κ3) is 9.40. The van der Waals surface area contributed by atoms with Gasteiger partial charge in [-0.3, -0.25) is 0 Å². The van der Waals surface area contributed by atoms with E-state index in [-0.39, 0.29) is 0 Å². The molecule has 40 heavy (non-hydrogen) atoms. The monoisotopic (exact) mass is 534 g/mol. The fourth-order valence-corrected chi connectivity index (χ4v) is 4.71. The Morgan fingerprint density at radius 2 is 1.05 bits per heavy atom. The van der Waals surface area contributed by atoms with E-state index in [1.165, 1.54) is 50.1 Å². The Hall–Kier alpha value is -3.32. The Morgan fingerprint density at radius 1 is 0.575 bits per heavy atom. The highest BCUT2D eigenvalue weighted by molar-refractivity contribution is 5.64. The molecule has 1 heteroatoms. The minimum atomic E-state index is 0.306. The van der Waals surface area contributed by atoms with Crippen LogP contribution >= 0.6 is 0 Å². The van der Waals surface area contributed by atoms with Gasteiger partial charge >= 0.3 is 0 Å². The molecule has 212 valence electrons. The number of hydrogen-bond acceptors (Lipinski definition) is 1. The van der Waals surface area contributed by atoms with Crippen LogP contribution in [-0.4, -0.2) is 0 Å². The summed E-state index contributed by atoms with van der Waals surface area (Å²) in [6, 6.07) is 31.1. The summed E-state index contributed by atoms with van der Waals surface area (Å²) in [5.41, 5.74) is 11.9. The first-order chi connectivity index (χ1) is 18.8. The van der Waals surface area contributed by atoms with Crippen molar-refractivity contribution in [2.45, 2.75) is 88.2 Å². The number of benzene rings is 4. The molecule has 4 aromatic carbocycles. The zero-order valence-corrected chi connectivity index (χ0v) is 26.6. The molecule has 0 heterocycles. The van der Waals surface area contributed by atoms with Gasteiger partial charge in [0.1, 0.15) is 12.4 Å². The second-order valence-electron chi connectivity index (χ2n) is 13.2. The summed E-state index contributed by atoms with van der Waals surface area (Å²) in [7, 11) is 0. The maximum absolute atomic E-state index is 6.21. The first-order valence-corrected chi connectivity index (χ1v) is 14.8. The van der Waals surface area contributed by atoms with Crippen LogP contribution in [0.4, 0.5) is 0 Å². The van der Waals surface area contributed by atoms with Crippen LogP contribution in [0.5, 0.6) is 5.75 Å². The van der Waals surface area contributed by atoms with E-state index >= 15 is 0 Å². The Labute approximate surface area is 244 Å². The van der Waals surface area contributed by atoms with Crippen LogP contribution in [0, 0.1) is 32.1 Å². The number of rotatable bonds is 7. The molecule has 1 nitrogen and oxygen atoms in total. The van der Waals surface area contributed by atoms with Gasteiger partial charge in [0.25, 0.3) is 0 Å². The van der Waals surface area contributed by atoms with Crippen molar-refractivity contribution < 1.29 is 4.74 Å². The maximum atomic E-state index is 6.21. The Bertz CT molecular complexity index is 1350. The van der Waals surface area contributed by atoms with Gasteiger partial charge < -0.3 is 4.74 Å². The van der Waals surface area contributed by atoms with Crippen LogP contribution in [0.3, 0.4) is 0 Å². The van der Waals surface area contributed by atoms with Crippen LogP contribution < -0.4 is 4.74 Å². The van der Waals surface area contributed by atoms with E-state index in [9.17, 15) is 0 Å². The number of ether oxygens (including phenoxy) is 1. The molecule has 4 aromatic rings. The van der Waals surface area contributed by atoms with E-state index in [2.05, 4.69) is 154 Å². The third-order valence-electron chi connectivity index (χ3n) is 7.10. The summed E-state index contributed by atoms with van der Waals surface area (Å²) in [4.78, 5) is 0. The summed E-state index contributed by atoms with van der Waals surface area (Å²) in [5, 5.41) is 0. The van der Waals surface area contributed by atoms with E-state index < -0.39 is 0 Å². The molecule has 0 saturated heterocycles. The quantitative estimate of drug-likeness (QED) is 0.229. The molecule has 4 rings (SSSR count). The molecule has 0 aliphatic heterocycles. The molecule has 0 radical (unpaired) electrons. The van der Waals surface area contributed by atoms with Gasteiger partial charge in [0.2, 0.25) is 0 Å². The summed E-state index contributed by atoms with van der Waals surface area (Å²) in [5.74, 6) is 2.14. The van der Waals surface area contributed by atoms with Crippen molar-refractivity contribution in [3.8, 4) is 16.9 Å². The van der Waals surface area contributed by atoms with Gasteiger partial charge in [-0.05, 0) is 94.7 Å². The first kappa shape index (κ1) is 31.2. The van der Waals surface area contributed by atoms with Crippen LogP contribution in [-0.2, 0) is 13.0 Å². The van der Waals surface area contributed by atoms with Gasteiger partial charge in [0.15, 0.2) is 0 Å². The van der Waals surface area contributed by atoms with Crippen molar-refractivity contribution in [3.05, 3.63) is 124 Å². The van der Waals surface area contributed by atoms with Gasteiger partial charge in [-0.1, -0.05) is 127 Å². The maximum Gasteiger partial charge on any atom is 0.122 e. The van der Waals surface area contributed by atoms with Crippen molar-refractivity contribution in [1.29, 1.82) is 0 Å². The second kappa shape index (κ2) is 13.8. The summed E-state index contributed by atoms with van der Waals surface area (Å²) >= 11 is 0. The highest BCUT2D eigenvalue weighted by atomic mass is 16.5. The first-order valence-electron chi connectivity index (χ1n) is 14.8. The van der Waals surface area contributed by atoms with Crippen molar-refractivity contribution in [2.75, 3.05) is 0 Å². The number of aryl methyl sites for hydroxylation is 3. The lowest BCUT2D eigenvalue weighted by Gasteiger charge is -2.18. The van der Waals surface area contributed by atoms with Crippen LogP contribution in [0.1, 0.15) is 93.3 Å². The molecule has 0 aliphatic carbocycles. The van der Waals surface area contributed by atoms with E-state index in [1.807, 2.05) is 0 Å². The zero-order chi connectivity index (χ0) is 29.4. The SMILES string of the molecule is CC(C)C.Cc1ccc(C(C)c2ccc(OCc3ccc(-c4ccc(CC(C)(C)C)cc4)cc3)c(C)c2)cc1C. The van der Waals surface area contributed by atoms with Crippen molar-refractivity contribution in [3.63, 3.8) is 0 Å². The van der Waals surface area contributed by atoms with Crippen molar-refractivity contribution in [2.24, 2.45) is 11.3 Å². The molecule has 0 saturated carbocycles. The van der Waals surface area contributed by atoms with Crippen LogP contribution in [0.25, 0.3) is 11.1 Å². The van der Waals surface area contributed by atoms with Crippen LogP contribution in [0.15, 0.2) is 84.9 Å². The molecule has 0 bridgehead atoms. The van der Waals surface area contributed by atoms with Crippen LogP contribution in [0.2, 0.25) is 0 Å². The molecular formula is C39H50O. The minimum absolute atomic E-state index is 0.306. The fourth-order valence-electron chi connectivity index (χ4n) is 4.71. The average Bonchev–Trinajstić information content (AvgIpc) is 2.89. The Kier molecular flexibility index (Phi) is 10.8. The van der Waals surface area contributed by atoms with E-state index in [1.54, 1.807) is 0 Å². The van der Waals surface area contributed by atoms with E-state index in [0.717, 1.165) is 18.1 Å². The molecule has 1 unspecified atom stereocenters. The topological polar surface area (TPSA) is 9.23 Å². The predicted molar refractivity (Wildman–Crippen MR) is 174 cm³/mol. The van der Waals surface area contributed by atoms with E-state index in [4.69, 9.17) is 4.74 Å². The molecule has 0 amide bonds. The molecule has 0 aliphatic rings. The van der Waals surface area contributed by atoms with E-state index in [0.29, 0.717) is 17.9 Å². The predicted octanol–water partition coefficient (Wildman–Crippen LogP) is 11.3. The van der Waals surface area contributed by atoms with Gasteiger partial charge in [-0.2, -0.15) is 0 Å². The largest absolute Gasteiger partial charge is 0.489 e. The lowest BCUT2D eigenvalue weighted by atomic mass is 9.87. The molecule has 0 N–H and O–H groups in total. The molecule has 0 fully saturated rings. The van der Waals surface area contributed by atoms with Gasteiger partial charge in [0, 0.05) is 5.92 Å². The zero-order valence-electron chi connectivity index (χ0n) is 26.6. The molecule has 1 atom stereocenters. The average molecular weight is 535 g/mol. The Morgan fingerprint density at radius 3 is 1.52 bits per heavy atom. The lowest BCUT2D eigenvalue weighted by Crippen LogP contribution is -2.08. The van der Waals surface area contributed by atoms with Gasteiger partial charge in [-0.15, -0.1) is 0 Å². The summed E-state index contributed by atoms with van der Waals surface area (Å²) < 4.78 is 6.21. The van der Waals surface area contributed by atoms with Crippen molar-refractivity contribution in [1.82, 2.24) is 0 Å². The fraction of sp³-hybridized carbons (Fsp3) is 0.385. The Balaban J connectivity index is 0.00000103. The third-order valence-corrected chi connectivity index (χ3v) is 7.10. The minimum Gasteiger partial charge on any atom is -0.489 e. The normalized spacial score (nSPS) is 12.1. The molecular weight excluding hydrogens is 484 g/mol. The highest BCUT2D eigenvalue weighted by Crippen LogP contribution is 2.30. The highest BCUT2D eigenvalue weighted by Gasteiger charge is 2.13. The number of hydrogen-bond donors (Lipinski definition) is 0. The summed E-state index contributed by atoms with van der Waals surface area (Å²) in [6.45, 7) is 22.7. The summed E-state index contributed by atoms with van der Waals surface area (Å²) in [6.07, 6.45) is 1.09. The molecule has 0 spiro atoms. The smallest absolute Gasteiger partial charge is 0.122 e. The van der Waals surface area contributed by atoms with Gasteiger partial charge in [0.05, 0.1) is 0 Å². The molecule has 0 aromatic heterocycles. The lowest BCUT2D eigenvalue weighted by molar-refractivity contribution is 0.304.